The standard InChI is InChI=1S/C30H36N2O8/c1-4-5-6-15-38-28(35)22-9-13-25(14-10-22)32-17-23(16-27(32)34)30(37)40-19-26(33)31-24-11-7-21(8-12-24)29(36)39-18-20(2)3/h7-14,20,23H,4-6,15-19H2,1-3H3,(H,31,33)/t23-/m0/s1. The third kappa shape index (κ3) is 8.93. The van der Waals surface area contributed by atoms with Gasteiger partial charge in [-0.05, 0) is 60.9 Å². The summed E-state index contributed by atoms with van der Waals surface area (Å²) in [6, 6.07) is 12.6. The number of hydrogen-bond donors (Lipinski definition) is 1. The molecule has 1 atom stereocenters. The van der Waals surface area contributed by atoms with Gasteiger partial charge >= 0.3 is 17.9 Å². The predicted octanol–water partition coefficient (Wildman–Crippen LogP) is 4.38. The molecule has 1 heterocycles. The van der Waals surface area contributed by atoms with E-state index in [1.54, 1.807) is 36.4 Å². The molecular formula is C30H36N2O8. The molecule has 2 aromatic rings. The van der Waals surface area contributed by atoms with E-state index in [0.717, 1.165) is 19.3 Å². The number of unbranched alkanes of at least 4 members (excludes halogenated alkanes) is 2. The summed E-state index contributed by atoms with van der Waals surface area (Å²) in [5.41, 5.74) is 1.72. The highest BCUT2D eigenvalue weighted by atomic mass is 16.5. The number of carbonyl (C=O) groups excluding carboxylic acids is 5. The maximum absolute atomic E-state index is 12.6. The maximum Gasteiger partial charge on any atom is 0.338 e. The van der Waals surface area contributed by atoms with Crippen LogP contribution in [-0.4, -0.2) is 56.1 Å². The molecule has 3 rings (SSSR count). The Labute approximate surface area is 234 Å². The zero-order valence-electron chi connectivity index (χ0n) is 23.1. The van der Waals surface area contributed by atoms with Crippen LogP contribution in [0, 0.1) is 11.8 Å². The molecule has 0 radical (unpaired) electrons. The number of anilines is 2. The summed E-state index contributed by atoms with van der Waals surface area (Å²) in [6.07, 6.45) is 2.79. The van der Waals surface area contributed by atoms with Gasteiger partial charge in [-0.1, -0.05) is 33.6 Å². The highest BCUT2D eigenvalue weighted by molar-refractivity contribution is 6.00. The molecule has 0 bridgehead atoms. The summed E-state index contributed by atoms with van der Waals surface area (Å²) in [5, 5.41) is 2.60. The zero-order valence-corrected chi connectivity index (χ0v) is 23.1. The summed E-state index contributed by atoms with van der Waals surface area (Å²) < 4.78 is 15.6. The number of hydrogen-bond acceptors (Lipinski definition) is 8. The minimum atomic E-state index is -0.723. The van der Waals surface area contributed by atoms with Crippen molar-refractivity contribution in [1.29, 1.82) is 0 Å². The van der Waals surface area contributed by atoms with Crippen LogP contribution in [-0.2, 0) is 28.6 Å². The van der Waals surface area contributed by atoms with Crippen LogP contribution in [0.2, 0.25) is 0 Å². The summed E-state index contributed by atoms with van der Waals surface area (Å²) in [6.45, 7) is 6.21. The molecule has 1 N–H and O–H groups in total. The highest BCUT2D eigenvalue weighted by Crippen LogP contribution is 2.26. The second kappa shape index (κ2) is 14.8. The Morgan fingerprint density at radius 2 is 1.52 bits per heavy atom. The number of nitrogens with one attached hydrogen (secondary N) is 1. The molecular weight excluding hydrogens is 516 g/mol. The molecule has 10 nitrogen and oxygen atoms in total. The van der Waals surface area contributed by atoms with Crippen LogP contribution < -0.4 is 10.2 Å². The van der Waals surface area contributed by atoms with Crippen molar-refractivity contribution in [2.75, 3.05) is 36.6 Å². The van der Waals surface area contributed by atoms with Crippen molar-refractivity contribution in [3.63, 3.8) is 0 Å². The van der Waals surface area contributed by atoms with E-state index in [9.17, 15) is 24.0 Å². The van der Waals surface area contributed by atoms with E-state index in [-0.39, 0.29) is 24.8 Å². The molecule has 10 heteroatoms. The fraction of sp³-hybridized carbons (Fsp3) is 0.433. The van der Waals surface area contributed by atoms with Crippen LogP contribution in [0.3, 0.4) is 0 Å². The van der Waals surface area contributed by atoms with E-state index in [2.05, 4.69) is 12.2 Å². The lowest BCUT2D eigenvalue weighted by Gasteiger charge is -2.17. The van der Waals surface area contributed by atoms with Gasteiger partial charge in [-0.2, -0.15) is 0 Å². The first-order chi connectivity index (χ1) is 19.2. The van der Waals surface area contributed by atoms with Crippen molar-refractivity contribution in [2.45, 2.75) is 46.5 Å². The van der Waals surface area contributed by atoms with Crippen LogP contribution in [0.4, 0.5) is 11.4 Å². The molecule has 1 fully saturated rings. The van der Waals surface area contributed by atoms with Gasteiger partial charge in [0.15, 0.2) is 6.61 Å². The van der Waals surface area contributed by atoms with Gasteiger partial charge in [0.2, 0.25) is 5.91 Å². The monoisotopic (exact) mass is 552 g/mol. The Balaban J connectivity index is 1.44. The minimum Gasteiger partial charge on any atom is -0.462 e. The number of benzene rings is 2. The van der Waals surface area contributed by atoms with Crippen molar-refractivity contribution in [3.8, 4) is 0 Å². The van der Waals surface area contributed by atoms with Gasteiger partial charge < -0.3 is 24.4 Å². The van der Waals surface area contributed by atoms with Gasteiger partial charge in [0.1, 0.15) is 0 Å². The van der Waals surface area contributed by atoms with Gasteiger partial charge in [0.05, 0.1) is 30.3 Å². The number of ether oxygens (including phenoxy) is 3. The van der Waals surface area contributed by atoms with Crippen molar-refractivity contribution in [1.82, 2.24) is 0 Å². The van der Waals surface area contributed by atoms with Gasteiger partial charge in [-0.3, -0.25) is 14.4 Å². The highest BCUT2D eigenvalue weighted by Gasteiger charge is 2.36. The third-order valence-corrected chi connectivity index (χ3v) is 6.15. The van der Waals surface area contributed by atoms with Crippen LogP contribution in [0.15, 0.2) is 48.5 Å². The number of rotatable bonds is 13. The second-order valence-corrected chi connectivity index (χ2v) is 10.0. The Morgan fingerprint density at radius 3 is 2.15 bits per heavy atom. The molecule has 0 unspecified atom stereocenters. The van der Waals surface area contributed by atoms with Crippen LogP contribution >= 0.6 is 0 Å². The molecule has 2 aromatic carbocycles. The zero-order chi connectivity index (χ0) is 29.1. The quantitative estimate of drug-likeness (QED) is 0.220. The van der Waals surface area contributed by atoms with E-state index < -0.39 is 36.3 Å². The second-order valence-electron chi connectivity index (χ2n) is 10.0. The molecule has 40 heavy (non-hydrogen) atoms. The predicted molar refractivity (Wildman–Crippen MR) is 148 cm³/mol. The number of esters is 3. The van der Waals surface area contributed by atoms with E-state index >= 15 is 0 Å². The van der Waals surface area contributed by atoms with Crippen molar-refractivity contribution >= 4 is 41.1 Å². The molecule has 1 saturated heterocycles. The van der Waals surface area contributed by atoms with Crippen LogP contribution in [0.25, 0.3) is 0 Å². The van der Waals surface area contributed by atoms with E-state index in [4.69, 9.17) is 14.2 Å². The number of nitrogens with zero attached hydrogens (tertiary/aromatic N) is 1. The fourth-order valence-electron chi connectivity index (χ4n) is 3.96. The summed E-state index contributed by atoms with van der Waals surface area (Å²) >= 11 is 0. The Morgan fingerprint density at radius 1 is 0.900 bits per heavy atom. The van der Waals surface area contributed by atoms with Gasteiger partial charge in [0, 0.05) is 24.3 Å². The normalized spacial score (nSPS) is 14.7. The average molecular weight is 553 g/mol. The van der Waals surface area contributed by atoms with Crippen molar-refractivity contribution < 1.29 is 38.2 Å². The molecule has 1 aliphatic rings. The largest absolute Gasteiger partial charge is 0.462 e. The summed E-state index contributed by atoms with van der Waals surface area (Å²) in [4.78, 5) is 63.0. The SMILES string of the molecule is CCCCCOC(=O)c1ccc(N2C[C@@H](C(=O)OCC(=O)Nc3ccc(C(=O)OCC(C)C)cc3)CC2=O)cc1. The van der Waals surface area contributed by atoms with Gasteiger partial charge in [-0.15, -0.1) is 0 Å². The molecule has 0 aliphatic carbocycles. The fourth-order valence-corrected chi connectivity index (χ4v) is 3.96. The van der Waals surface area contributed by atoms with Crippen LogP contribution in [0.5, 0.6) is 0 Å². The van der Waals surface area contributed by atoms with Crippen molar-refractivity contribution in [2.24, 2.45) is 11.8 Å². The average Bonchev–Trinajstić information content (AvgIpc) is 3.34. The Kier molecular flexibility index (Phi) is 11.2. The third-order valence-electron chi connectivity index (χ3n) is 6.15. The minimum absolute atomic E-state index is 0.0456. The van der Waals surface area contributed by atoms with Crippen LogP contribution in [0.1, 0.15) is 67.2 Å². The first-order valence-corrected chi connectivity index (χ1v) is 13.5. The molecule has 2 amide bonds. The topological polar surface area (TPSA) is 128 Å². The summed E-state index contributed by atoms with van der Waals surface area (Å²) in [5.74, 6) is -2.83. The molecule has 1 aliphatic heterocycles. The Bertz CT molecular complexity index is 1190. The molecule has 214 valence electrons. The van der Waals surface area contributed by atoms with Crippen molar-refractivity contribution in [3.05, 3.63) is 59.7 Å². The van der Waals surface area contributed by atoms with Gasteiger partial charge in [0.25, 0.3) is 5.91 Å². The number of carbonyl (C=O) groups is 5. The molecule has 0 spiro atoms. The first kappa shape index (κ1) is 30.3. The van der Waals surface area contributed by atoms with Gasteiger partial charge in [-0.25, -0.2) is 9.59 Å². The Hall–Kier alpha value is -4.21. The molecule has 0 aromatic heterocycles. The lowest BCUT2D eigenvalue weighted by atomic mass is 10.1. The number of amides is 2. The molecule has 0 saturated carbocycles. The summed E-state index contributed by atoms with van der Waals surface area (Å²) in [7, 11) is 0. The maximum atomic E-state index is 12.6. The smallest absolute Gasteiger partial charge is 0.338 e. The first-order valence-electron chi connectivity index (χ1n) is 13.5. The lowest BCUT2D eigenvalue weighted by Crippen LogP contribution is -2.28. The van der Waals surface area contributed by atoms with E-state index in [1.165, 1.54) is 17.0 Å². The lowest BCUT2D eigenvalue weighted by molar-refractivity contribution is -0.151. The van der Waals surface area contributed by atoms with E-state index in [1.807, 2.05) is 13.8 Å². The van der Waals surface area contributed by atoms with E-state index in [0.29, 0.717) is 35.7 Å².